The van der Waals surface area contributed by atoms with Crippen molar-refractivity contribution in [1.29, 1.82) is 0 Å². The maximum atomic E-state index is 12.7. The molecule has 0 spiro atoms. The van der Waals surface area contributed by atoms with Crippen molar-refractivity contribution < 1.29 is 14.7 Å². The molecule has 5 rings (SSSR count). The van der Waals surface area contributed by atoms with Gasteiger partial charge in [-0.25, -0.2) is 9.88 Å². The number of anilines is 1. The number of fused-ring (bicyclic) bond motifs is 2. The van der Waals surface area contributed by atoms with Crippen LogP contribution < -0.4 is 4.90 Å². The van der Waals surface area contributed by atoms with Gasteiger partial charge in [0.1, 0.15) is 11.6 Å². The number of amides is 2. The molecule has 2 N–H and O–H groups in total. The molecular weight excluding hydrogens is 342 g/mol. The number of nitrogens with zero attached hydrogens (tertiary/aromatic N) is 2. The molecule has 1 aliphatic rings. The topological polar surface area (TPSA) is 86.3 Å². The van der Waals surface area contributed by atoms with E-state index in [4.69, 9.17) is 0 Å². The first-order valence-corrected chi connectivity index (χ1v) is 8.39. The molecule has 6 nitrogen and oxygen atoms in total. The Hall–Kier alpha value is -3.93. The van der Waals surface area contributed by atoms with Crippen LogP contribution in [-0.2, 0) is 0 Å². The van der Waals surface area contributed by atoms with Gasteiger partial charge in [0.15, 0.2) is 0 Å². The van der Waals surface area contributed by atoms with Crippen LogP contribution in [0, 0.1) is 0 Å². The SMILES string of the molecule is O=C1c2ccccc2C(=O)N1c1ccc2nc(-c3cccc(O)c3)[nH]c2c1. The molecule has 6 heteroatoms. The number of aromatic amines is 1. The Labute approximate surface area is 153 Å². The lowest BCUT2D eigenvalue weighted by molar-refractivity contribution is 0.0926. The fraction of sp³-hybridized carbons (Fsp3) is 0. The molecule has 2 amide bonds. The number of rotatable bonds is 2. The smallest absolute Gasteiger partial charge is 0.266 e. The van der Waals surface area contributed by atoms with E-state index in [1.165, 1.54) is 4.90 Å². The summed E-state index contributed by atoms with van der Waals surface area (Å²) < 4.78 is 0. The summed E-state index contributed by atoms with van der Waals surface area (Å²) in [5.74, 6) is 0.0884. The third kappa shape index (κ3) is 2.31. The highest BCUT2D eigenvalue weighted by molar-refractivity contribution is 6.34. The van der Waals surface area contributed by atoms with Gasteiger partial charge < -0.3 is 10.1 Å². The van der Waals surface area contributed by atoms with E-state index < -0.39 is 0 Å². The zero-order chi connectivity index (χ0) is 18.5. The average Bonchev–Trinajstić information content (AvgIpc) is 3.21. The first-order valence-electron chi connectivity index (χ1n) is 8.39. The lowest BCUT2D eigenvalue weighted by atomic mass is 10.1. The van der Waals surface area contributed by atoms with Gasteiger partial charge in [-0.1, -0.05) is 24.3 Å². The van der Waals surface area contributed by atoms with Crippen LogP contribution >= 0.6 is 0 Å². The number of nitrogens with one attached hydrogen (secondary N) is 1. The number of phenolic OH excluding ortho intramolecular Hbond substituents is 1. The Morgan fingerprint density at radius 2 is 1.59 bits per heavy atom. The van der Waals surface area contributed by atoms with E-state index in [9.17, 15) is 14.7 Å². The normalized spacial score (nSPS) is 13.4. The molecule has 0 radical (unpaired) electrons. The Morgan fingerprint density at radius 3 is 2.30 bits per heavy atom. The van der Waals surface area contributed by atoms with Crippen molar-refractivity contribution in [2.45, 2.75) is 0 Å². The first-order chi connectivity index (χ1) is 13.1. The van der Waals surface area contributed by atoms with Crippen molar-refractivity contribution >= 4 is 28.5 Å². The highest BCUT2D eigenvalue weighted by atomic mass is 16.3. The molecule has 0 saturated heterocycles. The highest BCUT2D eigenvalue weighted by Crippen LogP contribution is 2.31. The van der Waals surface area contributed by atoms with Gasteiger partial charge in [-0.2, -0.15) is 0 Å². The van der Waals surface area contributed by atoms with Crippen LogP contribution in [0.1, 0.15) is 20.7 Å². The Morgan fingerprint density at radius 1 is 0.852 bits per heavy atom. The molecule has 3 aromatic carbocycles. The van der Waals surface area contributed by atoms with Gasteiger partial charge in [0.25, 0.3) is 11.8 Å². The minimum Gasteiger partial charge on any atom is -0.508 e. The van der Waals surface area contributed by atoms with E-state index in [0.717, 1.165) is 5.56 Å². The predicted molar refractivity (Wildman–Crippen MR) is 101 cm³/mol. The fourth-order valence-electron chi connectivity index (χ4n) is 3.35. The summed E-state index contributed by atoms with van der Waals surface area (Å²) in [6, 6.07) is 18.8. The van der Waals surface area contributed by atoms with Crippen LogP contribution in [0.25, 0.3) is 22.4 Å². The minimum atomic E-state index is -0.331. The van der Waals surface area contributed by atoms with E-state index in [0.29, 0.717) is 33.7 Å². The van der Waals surface area contributed by atoms with Crippen LogP contribution in [0.4, 0.5) is 5.69 Å². The van der Waals surface area contributed by atoms with E-state index in [1.54, 1.807) is 60.7 Å². The van der Waals surface area contributed by atoms with Crippen molar-refractivity contribution in [3.8, 4) is 17.1 Å². The summed E-state index contributed by atoms with van der Waals surface area (Å²) in [7, 11) is 0. The largest absolute Gasteiger partial charge is 0.508 e. The number of imidazole rings is 1. The van der Waals surface area contributed by atoms with Gasteiger partial charge in [0.2, 0.25) is 0 Å². The number of carbonyl (C=O) groups is 2. The number of phenols is 1. The number of aromatic hydroxyl groups is 1. The molecule has 0 atom stereocenters. The lowest BCUT2D eigenvalue weighted by Crippen LogP contribution is -2.29. The molecule has 1 aliphatic heterocycles. The van der Waals surface area contributed by atoms with Crippen LogP contribution in [0.5, 0.6) is 5.75 Å². The number of hydrogen-bond donors (Lipinski definition) is 2. The first kappa shape index (κ1) is 15.3. The molecule has 27 heavy (non-hydrogen) atoms. The highest BCUT2D eigenvalue weighted by Gasteiger charge is 2.36. The molecule has 130 valence electrons. The zero-order valence-corrected chi connectivity index (χ0v) is 14.0. The van der Waals surface area contributed by atoms with E-state index in [2.05, 4.69) is 9.97 Å². The van der Waals surface area contributed by atoms with Crippen molar-refractivity contribution in [2.24, 2.45) is 0 Å². The number of imide groups is 1. The Bertz CT molecular complexity index is 1210. The standard InChI is InChI=1S/C21H13N3O3/c25-14-5-3-4-12(10-14)19-22-17-9-8-13(11-18(17)23-19)24-20(26)15-6-1-2-7-16(15)21(24)27/h1-11,25H,(H,22,23). The van der Waals surface area contributed by atoms with Gasteiger partial charge in [-0.15, -0.1) is 0 Å². The molecule has 0 fully saturated rings. The third-order valence-electron chi connectivity index (χ3n) is 4.64. The molecular formula is C21H13N3O3. The quantitative estimate of drug-likeness (QED) is 0.536. The van der Waals surface area contributed by atoms with Gasteiger partial charge >= 0.3 is 0 Å². The van der Waals surface area contributed by atoms with Crippen molar-refractivity contribution in [3.63, 3.8) is 0 Å². The number of benzene rings is 3. The number of H-pyrrole nitrogens is 1. The summed E-state index contributed by atoms with van der Waals surface area (Å²) >= 11 is 0. The van der Waals surface area contributed by atoms with Crippen LogP contribution in [-0.4, -0.2) is 26.9 Å². The summed E-state index contributed by atoms with van der Waals surface area (Å²) in [4.78, 5) is 34.2. The third-order valence-corrected chi connectivity index (χ3v) is 4.64. The predicted octanol–water partition coefficient (Wildman–Crippen LogP) is 3.74. The van der Waals surface area contributed by atoms with Gasteiger partial charge in [0.05, 0.1) is 27.8 Å². The second-order valence-corrected chi connectivity index (χ2v) is 6.33. The second kappa shape index (κ2) is 5.54. The summed E-state index contributed by atoms with van der Waals surface area (Å²) in [6.45, 7) is 0. The van der Waals surface area contributed by atoms with Crippen LogP contribution in [0.2, 0.25) is 0 Å². The van der Waals surface area contributed by atoms with Gasteiger partial charge in [-0.05, 0) is 42.5 Å². The van der Waals surface area contributed by atoms with E-state index in [1.807, 2.05) is 6.07 Å². The summed E-state index contributed by atoms with van der Waals surface area (Å²) in [6.07, 6.45) is 0. The van der Waals surface area contributed by atoms with Gasteiger partial charge in [0, 0.05) is 5.56 Å². The monoisotopic (exact) mass is 355 g/mol. The summed E-state index contributed by atoms with van der Waals surface area (Å²) in [5, 5.41) is 9.66. The fourth-order valence-corrected chi connectivity index (χ4v) is 3.35. The number of hydrogen-bond acceptors (Lipinski definition) is 4. The average molecular weight is 355 g/mol. The van der Waals surface area contributed by atoms with Crippen molar-refractivity contribution in [1.82, 2.24) is 9.97 Å². The molecule has 0 saturated carbocycles. The Balaban J connectivity index is 1.58. The number of aromatic nitrogens is 2. The van der Waals surface area contributed by atoms with Crippen LogP contribution in [0.15, 0.2) is 66.7 Å². The minimum absolute atomic E-state index is 0.152. The molecule has 4 aromatic rings. The van der Waals surface area contributed by atoms with Crippen LogP contribution in [0.3, 0.4) is 0 Å². The number of carbonyl (C=O) groups excluding carboxylic acids is 2. The maximum absolute atomic E-state index is 12.7. The molecule has 0 unspecified atom stereocenters. The van der Waals surface area contributed by atoms with E-state index in [-0.39, 0.29) is 17.6 Å². The van der Waals surface area contributed by atoms with Gasteiger partial charge in [-0.3, -0.25) is 9.59 Å². The molecule has 0 aliphatic carbocycles. The zero-order valence-electron chi connectivity index (χ0n) is 14.0. The summed E-state index contributed by atoms with van der Waals surface area (Å²) in [5.41, 5.74) is 3.45. The molecule has 1 aromatic heterocycles. The van der Waals surface area contributed by atoms with E-state index >= 15 is 0 Å². The maximum Gasteiger partial charge on any atom is 0.266 e. The van der Waals surface area contributed by atoms with Crippen molar-refractivity contribution in [2.75, 3.05) is 4.90 Å². The molecule has 2 heterocycles. The Kier molecular flexibility index (Phi) is 3.14. The lowest BCUT2D eigenvalue weighted by Gasteiger charge is -2.13. The second-order valence-electron chi connectivity index (χ2n) is 6.33. The molecule has 0 bridgehead atoms. The van der Waals surface area contributed by atoms with Crippen molar-refractivity contribution in [3.05, 3.63) is 77.9 Å².